The Labute approximate surface area is 125 Å². The van der Waals surface area contributed by atoms with Gasteiger partial charge in [0.15, 0.2) is 0 Å². The van der Waals surface area contributed by atoms with Gasteiger partial charge in [-0.05, 0) is 12.5 Å². The first-order chi connectivity index (χ1) is 10.2. The van der Waals surface area contributed by atoms with Gasteiger partial charge in [0.1, 0.15) is 18.5 Å². The number of para-hydroxylation sites is 1. The molecular weight excluding hydrogens is 270 g/mol. The van der Waals surface area contributed by atoms with Gasteiger partial charge >= 0.3 is 5.97 Å². The Morgan fingerprint density at radius 1 is 1.38 bits per heavy atom. The van der Waals surface area contributed by atoms with E-state index in [1.54, 1.807) is 7.11 Å². The number of rotatable bonds is 9. The molecule has 0 aliphatic heterocycles. The fourth-order valence-corrected chi connectivity index (χ4v) is 1.85. The highest BCUT2D eigenvalue weighted by atomic mass is 16.6. The average Bonchev–Trinajstić information content (AvgIpc) is 2.51. The third-order valence-corrected chi connectivity index (χ3v) is 2.87. The zero-order valence-electron chi connectivity index (χ0n) is 12.5. The summed E-state index contributed by atoms with van der Waals surface area (Å²) in [6.45, 7) is 2.32. The molecule has 0 radical (unpaired) electrons. The first kappa shape index (κ1) is 17.0. The van der Waals surface area contributed by atoms with Crippen LogP contribution in [0, 0.1) is 11.3 Å². The molecule has 0 unspecified atom stereocenters. The molecule has 0 aliphatic rings. The second-order valence-electron chi connectivity index (χ2n) is 4.44. The average molecular weight is 291 g/mol. The lowest BCUT2D eigenvalue weighted by molar-refractivity contribution is -0.148. The van der Waals surface area contributed by atoms with Gasteiger partial charge in [0.05, 0.1) is 26.2 Å². The Morgan fingerprint density at radius 2 is 2.14 bits per heavy atom. The zero-order valence-corrected chi connectivity index (χ0v) is 12.5. The lowest BCUT2D eigenvalue weighted by atomic mass is 10.1. The van der Waals surface area contributed by atoms with Crippen LogP contribution in [0.3, 0.4) is 0 Å². The molecular formula is C16H21NO4. The molecule has 1 atom stereocenters. The maximum atomic E-state index is 11.5. The van der Waals surface area contributed by atoms with Crippen molar-refractivity contribution in [2.75, 3.05) is 20.3 Å². The van der Waals surface area contributed by atoms with Crippen LogP contribution >= 0.6 is 0 Å². The maximum Gasteiger partial charge on any atom is 0.305 e. The molecule has 0 saturated carbocycles. The topological polar surface area (TPSA) is 68.5 Å². The first-order valence-electron chi connectivity index (χ1n) is 7.00. The van der Waals surface area contributed by atoms with Crippen molar-refractivity contribution < 1.29 is 19.0 Å². The molecule has 114 valence electrons. The number of benzene rings is 1. The van der Waals surface area contributed by atoms with Crippen LogP contribution in [0.2, 0.25) is 0 Å². The molecule has 1 aromatic rings. The fraction of sp³-hybridized carbons (Fsp3) is 0.500. The molecule has 0 bridgehead atoms. The minimum atomic E-state index is -0.435. The molecule has 0 heterocycles. The summed E-state index contributed by atoms with van der Waals surface area (Å²) in [6.07, 6.45) is 0.981. The van der Waals surface area contributed by atoms with Crippen molar-refractivity contribution in [1.29, 1.82) is 5.26 Å². The highest BCUT2D eigenvalue weighted by Crippen LogP contribution is 2.28. The monoisotopic (exact) mass is 291 g/mol. The van der Waals surface area contributed by atoms with Gasteiger partial charge in [0.2, 0.25) is 0 Å². The van der Waals surface area contributed by atoms with E-state index in [4.69, 9.17) is 19.5 Å². The SMILES string of the molecule is CCCC(=O)OC[C@H](OCCC#N)c1ccccc1OC. The number of carbonyl (C=O) groups excluding carboxylic acids is 1. The van der Waals surface area contributed by atoms with Crippen LogP contribution in [0.4, 0.5) is 0 Å². The third-order valence-electron chi connectivity index (χ3n) is 2.87. The molecule has 5 nitrogen and oxygen atoms in total. The normalized spacial score (nSPS) is 11.5. The standard InChI is InChI=1S/C16H21NO4/c1-3-7-16(18)21-12-15(20-11-6-10-17)13-8-4-5-9-14(13)19-2/h4-5,8-9,15H,3,6-7,11-12H2,1-2H3/t15-/m0/s1. The van der Waals surface area contributed by atoms with Crippen LogP contribution in [0.15, 0.2) is 24.3 Å². The molecule has 0 fully saturated rings. The highest BCUT2D eigenvalue weighted by Gasteiger charge is 2.18. The molecule has 0 spiro atoms. The predicted octanol–water partition coefficient (Wildman–Crippen LogP) is 3.01. The summed E-state index contributed by atoms with van der Waals surface area (Å²) in [4.78, 5) is 11.5. The number of carbonyl (C=O) groups is 1. The molecule has 5 heteroatoms. The van der Waals surface area contributed by atoms with Crippen molar-refractivity contribution in [3.63, 3.8) is 0 Å². The quantitative estimate of drug-likeness (QED) is 0.517. The predicted molar refractivity (Wildman–Crippen MR) is 77.8 cm³/mol. The largest absolute Gasteiger partial charge is 0.496 e. The number of nitriles is 1. The minimum Gasteiger partial charge on any atom is -0.496 e. The molecule has 0 N–H and O–H groups in total. The van der Waals surface area contributed by atoms with E-state index in [-0.39, 0.29) is 25.6 Å². The number of hydrogen-bond acceptors (Lipinski definition) is 5. The second-order valence-corrected chi connectivity index (χ2v) is 4.44. The van der Waals surface area contributed by atoms with Gasteiger partial charge in [0.25, 0.3) is 0 Å². The van der Waals surface area contributed by atoms with E-state index in [1.165, 1.54) is 0 Å². The third kappa shape index (κ3) is 5.84. The summed E-state index contributed by atoms with van der Waals surface area (Å²) in [5.41, 5.74) is 0.808. The van der Waals surface area contributed by atoms with Gasteiger partial charge < -0.3 is 14.2 Å². The molecule has 0 amide bonds. The van der Waals surface area contributed by atoms with Crippen molar-refractivity contribution in [2.45, 2.75) is 32.3 Å². The van der Waals surface area contributed by atoms with E-state index in [1.807, 2.05) is 37.3 Å². The Kier molecular flexibility index (Phi) is 7.92. The van der Waals surface area contributed by atoms with E-state index >= 15 is 0 Å². The zero-order chi connectivity index (χ0) is 15.5. The van der Waals surface area contributed by atoms with Crippen LogP contribution in [0.25, 0.3) is 0 Å². The summed E-state index contributed by atoms with van der Waals surface area (Å²) in [5, 5.41) is 8.60. The van der Waals surface area contributed by atoms with Crippen LogP contribution in [-0.4, -0.2) is 26.3 Å². The Hall–Kier alpha value is -2.06. The summed E-state index contributed by atoms with van der Waals surface area (Å²) in [6, 6.07) is 9.44. The lowest BCUT2D eigenvalue weighted by Crippen LogP contribution is -2.16. The van der Waals surface area contributed by atoms with E-state index in [9.17, 15) is 4.79 Å². The number of ether oxygens (including phenoxy) is 3. The van der Waals surface area contributed by atoms with Gasteiger partial charge in [-0.2, -0.15) is 5.26 Å². The van der Waals surface area contributed by atoms with Gasteiger partial charge in [-0.15, -0.1) is 0 Å². The molecule has 21 heavy (non-hydrogen) atoms. The number of nitrogens with zero attached hydrogens (tertiary/aromatic N) is 1. The molecule has 0 saturated heterocycles. The summed E-state index contributed by atoms with van der Waals surface area (Å²) in [5.74, 6) is 0.423. The van der Waals surface area contributed by atoms with Gasteiger partial charge in [-0.25, -0.2) is 0 Å². The number of hydrogen-bond donors (Lipinski definition) is 0. The number of esters is 1. The van der Waals surface area contributed by atoms with E-state index < -0.39 is 6.10 Å². The summed E-state index contributed by atoms with van der Waals surface area (Å²) >= 11 is 0. The van der Waals surface area contributed by atoms with Gasteiger partial charge in [-0.1, -0.05) is 25.1 Å². The highest BCUT2D eigenvalue weighted by molar-refractivity contribution is 5.69. The minimum absolute atomic E-state index is 0.116. The van der Waals surface area contributed by atoms with Crippen LogP contribution in [0.5, 0.6) is 5.75 Å². The Balaban J connectivity index is 2.76. The van der Waals surface area contributed by atoms with Crippen LogP contribution < -0.4 is 4.74 Å². The van der Waals surface area contributed by atoms with Crippen LogP contribution in [0.1, 0.15) is 37.9 Å². The van der Waals surface area contributed by atoms with Crippen molar-refractivity contribution in [1.82, 2.24) is 0 Å². The van der Waals surface area contributed by atoms with Gasteiger partial charge in [0, 0.05) is 12.0 Å². The molecule has 0 aromatic heterocycles. The fourth-order valence-electron chi connectivity index (χ4n) is 1.85. The Bertz CT molecular complexity index is 481. The van der Waals surface area contributed by atoms with E-state index in [2.05, 4.69) is 0 Å². The molecule has 1 rings (SSSR count). The molecule has 1 aromatic carbocycles. The van der Waals surface area contributed by atoms with Crippen molar-refractivity contribution in [2.24, 2.45) is 0 Å². The maximum absolute atomic E-state index is 11.5. The van der Waals surface area contributed by atoms with Crippen molar-refractivity contribution >= 4 is 5.97 Å². The van der Waals surface area contributed by atoms with Gasteiger partial charge in [-0.3, -0.25) is 4.79 Å². The van der Waals surface area contributed by atoms with E-state index in [0.717, 1.165) is 12.0 Å². The second kappa shape index (κ2) is 9.78. The number of methoxy groups -OCH3 is 1. The van der Waals surface area contributed by atoms with Crippen LogP contribution in [-0.2, 0) is 14.3 Å². The smallest absolute Gasteiger partial charge is 0.305 e. The Morgan fingerprint density at radius 3 is 2.81 bits per heavy atom. The first-order valence-corrected chi connectivity index (χ1v) is 7.00. The molecule has 0 aliphatic carbocycles. The summed E-state index contributed by atoms with van der Waals surface area (Å²) < 4.78 is 16.2. The van der Waals surface area contributed by atoms with Crippen molar-refractivity contribution in [3.05, 3.63) is 29.8 Å². The van der Waals surface area contributed by atoms with Crippen molar-refractivity contribution in [3.8, 4) is 11.8 Å². The van der Waals surface area contributed by atoms with E-state index in [0.29, 0.717) is 12.2 Å². The summed E-state index contributed by atoms with van der Waals surface area (Å²) in [7, 11) is 1.58. The lowest BCUT2D eigenvalue weighted by Gasteiger charge is -2.20.